The number of carbonyl (C=O) groups excluding carboxylic acids is 1. The van der Waals surface area contributed by atoms with E-state index in [2.05, 4.69) is 17.3 Å². The Morgan fingerprint density at radius 1 is 1.55 bits per heavy atom. The Bertz CT molecular complexity index is 450. The van der Waals surface area contributed by atoms with Crippen molar-refractivity contribution in [1.82, 2.24) is 10.2 Å². The average molecular weight is 280 g/mol. The maximum atomic E-state index is 11.5. The molecule has 1 N–H and O–H groups in total. The number of carbonyl (C=O) groups is 1. The van der Waals surface area contributed by atoms with Crippen LogP contribution in [-0.4, -0.2) is 44.2 Å². The summed E-state index contributed by atoms with van der Waals surface area (Å²) in [6.45, 7) is 4.68. The van der Waals surface area contributed by atoms with Gasteiger partial charge >= 0.3 is 5.97 Å². The second-order valence-corrected chi connectivity index (χ2v) is 5.56. The van der Waals surface area contributed by atoms with E-state index >= 15 is 0 Å². The van der Waals surface area contributed by atoms with Crippen LogP contribution < -0.4 is 5.32 Å². The number of methoxy groups -OCH3 is 1. The molecule has 20 heavy (non-hydrogen) atoms. The molecule has 1 aliphatic heterocycles. The summed E-state index contributed by atoms with van der Waals surface area (Å²) in [5, 5.41) is 3.53. The number of esters is 1. The van der Waals surface area contributed by atoms with Gasteiger partial charge in [-0.2, -0.15) is 0 Å². The van der Waals surface area contributed by atoms with Crippen LogP contribution in [-0.2, 0) is 11.3 Å². The number of nitrogens with zero attached hydrogens (tertiary/aromatic N) is 1. The third-order valence-electron chi connectivity index (χ3n) is 3.71. The van der Waals surface area contributed by atoms with Gasteiger partial charge in [-0.15, -0.1) is 0 Å². The van der Waals surface area contributed by atoms with Gasteiger partial charge in [0.2, 0.25) is 5.76 Å². The molecule has 1 saturated heterocycles. The third kappa shape index (κ3) is 3.84. The van der Waals surface area contributed by atoms with Gasteiger partial charge in [0.05, 0.1) is 13.7 Å². The molecule has 0 amide bonds. The van der Waals surface area contributed by atoms with Crippen LogP contribution >= 0.6 is 0 Å². The SMILES string of the molecule is COC(=O)c1oc(CN(C)CC2CCCCN2)cc1C. The molecule has 5 heteroatoms. The van der Waals surface area contributed by atoms with Crippen molar-refractivity contribution in [2.45, 2.75) is 38.8 Å². The summed E-state index contributed by atoms with van der Waals surface area (Å²) in [7, 11) is 3.44. The lowest BCUT2D eigenvalue weighted by molar-refractivity contribution is 0.0560. The largest absolute Gasteiger partial charge is 0.463 e. The number of hydrogen-bond acceptors (Lipinski definition) is 5. The van der Waals surface area contributed by atoms with Crippen LogP contribution in [0, 0.1) is 6.92 Å². The molecule has 1 aromatic heterocycles. The Kier molecular flexibility index (Phi) is 5.20. The van der Waals surface area contributed by atoms with Crippen molar-refractivity contribution in [3.63, 3.8) is 0 Å². The first-order valence-electron chi connectivity index (χ1n) is 7.19. The molecule has 1 aromatic rings. The van der Waals surface area contributed by atoms with Gasteiger partial charge in [-0.3, -0.25) is 4.90 Å². The van der Waals surface area contributed by atoms with Crippen molar-refractivity contribution in [2.24, 2.45) is 0 Å². The highest BCUT2D eigenvalue weighted by molar-refractivity contribution is 5.87. The first-order valence-corrected chi connectivity index (χ1v) is 7.19. The Morgan fingerprint density at radius 2 is 2.35 bits per heavy atom. The fraction of sp³-hybridized carbons (Fsp3) is 0.667. The van der Waals surface area contributed by atoms with Gasteiger partial charge in [0.25, 0.3) is 0 Å². The van der Waals surface area contributed by atoms with Crippen molar-refractivity contribution in [2.75, 3.05) is 27.2 Å². The molecule has 1 fully saturated rings. The number of aryl methyl sites for hydroxylation is 1. The fourth-order valence-corrected chi connectivity index (χ4v) is 2.71. The van der Waals surface area contributed by atoms with E-state index < -0.39 is 5.97 Å². The minimum Gasteiger partial charge on any atom is -0.463 e. The summed E-state index contributed by atoms with van der Waals surface area (Å²) in [5.41, 5.74) is 0.830. The van der Waals surface area contributed by atoms with Gasteiger partial charge in [0, 0.05) is 18.2 Å². The van der Waals surface area contributed by atoms with Crippen molar-refractivity contribution >= 4 is 5.97 Å². The summed E-state index contributed by atoms with van der Waals surface area (Å²) in [6.07, 6.45) is 3.81. The molecule has 1 atom stereocenters. The van der Waals surface area contributed by atoms with E-state index in [9.17, 15) is 4.79 Å². The number of ether oxygens (including phenoxy) is 1. The molecule has 1 aliphatic rings. The quantitative estimate of drug-likeness (QED) is 0.835. The molecule has 0 radical (unpaired) electrons. The van der Waals surface area contributed by atoms with Crippen molar-refractivity contribution in [1.29, 1.82) is 0 Å². The molecule has 5 nitrogen and oxygen atoms in total. The lowest BCUT2D eigenvalue weighted by Crippen LogP contribution is -2.42. The van der Waals surface area contributed by atoms with E-state index in [0.717, 1.165) is 24.4 Å². The van der Waals surface area contributed by atoms with Gasteiger partial charge < -0.3 is 14.5 Å². The summed E-state index contributed by atoms with van der Waals surface area (Å²) >= 11 is 0. The molecular weight excluding hydrogens is 256 g/mol. The Hall–Kier alpha value is -1.33. The zero-order valence-corrected chi connectivity index (χ0v) is 12.6. The minimum atomic E-state index is -0.412. The van der Waals surface area contributed by atoms with Crippen LogP contribution in [0.1, 0.15) is 41.1 Å². The van der Waals surface area contributed by atoms with E-state index in [-0.39, 0.29) is 0 Å². The van der Waals surface area contributed by atoms with Gasteiger partial charge in [-0.1, -0.05) is 6.42 Å². The number of rotatable bonds is 5. The number of furan rings is 1. The lowest BCUT2D eigenvalue weighted by Gasteiger charge is -2.27. The molecule has 2 rings (SSSR count). The average Bonchev–Trinajstić information content (AvgIpc) is 2.79. The van der Waals surface area contributed by atoms with Crippen molar-refractivity contribution in [3.05, 3.63) is 23.2 Å². The zero-order valence-electron chi connectivity index (χ0n) is 12.6. The zero-order chi connectivity index (χ0) is 14.5. The van der Waals surface area contributed by atoms with Crippen LogP contribution in [0.25, 0.3) is 0 Å². The highest BCUT2D eigenvalue weighted by Gasteiger charge is 2.18. The van der Waals surface area contributed by atoms with Crippen LogP contribution in [0.4, 0.5) is 0 Å². The summed E-state index contributed by atoms with van der Waals surface area (Å²) in [6, 6.07) is 2.47. The predicted octanol–water partition coefficient (Wildman–Crippen LogP) is 1.95. The van der Waals surface area contributed by atoms with Crippen LogP contribution in [0.2, 0.25) is 0 Å². The molecule has 0 aromatic carbocycles. The van der Waals surface area contributed by atoms with Gasteiger partial charge in [0.1, 0.15) is 5.76 Å². The van der Waals surface area contributed by atoms with Gasteiger partial charge in [-0.05, 0) is 39.4 Å². The van der Waals surface area contributed by atoms with Crippen LogP contribution in [0.3, 0.4) is 0 Å². The first-order chi connectivity index (χ1) is 9.60. The minimum absolute atomic E-state index is 0.312. The smallest absolute Gasteiger partial charge is 0.374 e. The summed E-state index contributed by atoms with van der Waals surface area (Å²) in [4.78, 5) is 13.7. The predicted molar refractivity (Wildman–Crippen MR) is 76.8 cm³/mol. The lowest BCUT2D eigenvalue weighted by atomic mass is 10.0. The number of likely N-dealkylation sites (N-methyl/N-ethyl adjacent to an activating group) is 1. The molecule has 0 bridgehead atoms. The maximum Gasteiger partial charge on any atom is 0.374 e. The monoisotopic (exact) mass is 280 g/mol. The van der Waals surface area contributed by atoms with Gasteiger partial charge in [-0.25, -0.2) is 4.79 Å². The third-order valence-corrected chi connectivity index (χ3v) is 3.71. The van der Waals surface area contributed by atoms with Crippen LogP contribution in [0.5, 0.6) is 0 Å². The Labute approximate surface area is 120 Å². The molecule has 0 aliphatic carbocycles. The maximum absolute atomic E-state index is 11.5. The van der Waals surface area contributed by atoms with Gasteiger partial charge in [0.15, 0.2) is 0 Å². The Balaban J connectivity index is 1.90. The van der Waals surface area contributed by atoms with E-state index in [1.807, 2.05) is 13.0 Å². The highest BCUT2D eigenvalue weighted by atomic mass is 16.5. The van der Waals surface area contributed by atoms with Crippen LogP contribution in [0.15, 0.2) is 10.5 Å². The number of hydrogen-bond donors (Lipinski definition) is 1. The summed E-state index contributed by atoms with van der Waals surface area (Å²) in [5.74, 6) is 0.707. The molecule has 0 saturated carbocycles. The highest BCUT2D eigenvalue weighted by Crippen LogP contribution is 2.17. The molecule has 1 unspecified atom stereocenters. The normalized spacial score (nSPS) is 19.3. The molecule has 2 heterocycles. The first kappa shape index (κ1) is 15.1. The molecule has 112 valence electrons. The van der Waals surface area contributed by atoms with E-state index in [4.69, 9.17) is 9.15 Å². The van der Waals surface area contributed by atoms with E-state index in [1.165, 1.54) is 26.4 Å². The fourth-order valence-electron chi connectivity index (χ4n) is 2.71. The number of piperidine rings is 1. The number of nitrogens with one attached hydrogen (secondary N) is 1. The second-order valence-electron chi connectivity index (χ2n) is 5.56. The summed E-state index contributed by atoms with van der Waals surface area (Å²) < 4.78 is 10.3. The molecule has 0 spiro atoms. The standard InChI is InChI=1S/C15H24N2O3/c1-11-8-13(20-14(11)15(18)19-3)10-17(2)9-12-6-4-5-7-16-12/h8,12,16H,4-7,9-10H2,1-3H3. The van der Waals surface area contributed by atoms with E-state index in [1.54, 1.807) is 0 Å². The Morgan fingerprint density at radius 3 is 3.00 bits per heavy atom. The topological polar surface area (TPSA) is 54.7 Å². The van der Waals surface area contributed by atoms with Crippen molar-refractivity contribution in [3.8, 4) is 0 Å². The molecular formula is C15H24N2O3. The second kappa shape index (κ2) is 6.90. The van der Waals surface area contributed by atoms with E-state index in [0.29, 0.717) is 18.3 Å². The van der Waals surface area contributed by atoms with Crippen molar-refractivity contribution < 1.29 is 13.9 Å².